The van der Waals surface area contributed by atoms with Gasteiger partial charge < -0.3 is 10.1 Å². The molecule has 0 saturated carbocycles. The highest BCUT2D eigenvalue weighted by Gasteiger charge is 2.05. The van der Waals surface area contributed by atoms with Crippen molar-refractivity contribution in [1.82, 2.24) is 0 Å². The van der Waals surface area contributed by atoms with Crippen molar-refractivity contribution in [2.45, 2.75) is 13.8 Å². The fourth-order valence-corrected chi connectivity index (χ4v) is 1.10. The quantitative estimate of drug-likeness (QED) is 0.723. The number of carbonyl (C=O) groups is 1. The van der Waals surface area contributed by atoms with Gasteiger partial charge in [0.2, 0.25) is 5.91 Å². The summed E-state index contributed by atoms with van der Waals surface area (Å²) in [5.41, 5.74) is 1.40. The van der Waals surface area contributed by atoms with Crippen molar-refractivity contribution in [3.63, 3.8) is 0 Å². The Morgan fingerprint density at radius 3 is 2.86 bits per heavy atom. The number of nitrogens with one attached hydrogen (secondary N) is 1. The summed E-state index contributed by atoms with van der Waals surface area (Å²) in [5, 5.41) is 11.0. The largest absolute Gasteiger partial charge is 0.388 e. The molecule has 14 heavy (non-hydrogen) atoms. The van der Waals surface area contributed by atoms with Crippen LogP contribution < -0.4 is 10.1 Å². The third kappa shape index (κ3) is 2.23. The third-order valence-electron chi connectivity index (χ3n) is 1.75. The van der Waals surface area contributed by atoms with E-state index in [1.54, 1.807) is 31.4 Å². The van der Waals surface area contributed by atoms with Gasteiger partial charge in [-0.15, -0.1) is 5.26 Å². The second-order valence-electron chi connectivity index (χ2n) is 2.80. The molecule has 1 rings (SSSR count). The molecule has 1 amide bonds. The van der Waals surface area contributed by atoms with E-state index in [0.717, 1.165) is 5.56 Å². The van der Waals surface area contributed by atoms with Gasteiger partial charge in [-0.05, 0) is 19.1 Å². The minimum absolute atomic E-state index is 0.151. The van der Waals surface area contributed by atoms with Crippen LogP contribution in [0.5, 0.6) is 5.75 Å². The number of ether oxygens (including phenoxy) is 1. The number of rotatable bonds is 2. The van der Waals surface area contributed by atoms with Crippen LogP contribution in [0.15, 0.2) is 18.2 Å². The van der Waals surface area contributed by atoms with E-state index in [1.165, 1.54) is 6.92 Å². The lowest BCUT2D eigenvalue weighted by atomic mass is 10.2. The predicted octanol–water partition coefficient (Wildman–Crippen LogP) is 1.81. The second kappa shape index (κ2) is 4.28. The standard InChI is InChI=1S/C10H10N2O2/c1-7-9(12-8(2)13)4-3-5-10(7)14-6-11/h3-5H,1-2H3,(H,12,13). The number of nitriles is 1. The molecule has 0 unspecified atom stereocenters. The van der Waals surface area contributed by atoms with Crippen molar-refractivity contribution in [3.8, 4) is 12.0 Å². The first kappa shape index (κ1) is 10.1. The van der Waals surface area contributed by atoms with E-state index in [9.17, 15) is 4.79 Å². The Bertz CT molecular complexity index is 394. The molecule has 0 saturated heterocycles. The van der Waals surface area contributed by atoms with Crippen LogP contribution in [0.4, 0.5) is 5.69 Å². The van der Waals surface area contributed by atoms with Gasteiger partial charge in [-0.1, -0.05) is 6.07 Å². The molecular weight excluding hydrogens is 180 g/mol. The van der Waals surface area contributed by atoms with Crippen LogP contribution >= 0.6 is 0 Å². The Balaban J connectivity index is 3.02. The Labute approximate surface area is 82.1 Å². The van der Waals surface area contributed by atoms with Crippen LogP contribution in [0.2, 0.25) is 0 Å². The average molecular weight is 190 g/mol. The van der Waals surface area contributed by atoms with Crippen LogP contribution in [-0.2, 0) is 4.79 Å². The molecule has 0 radical (unpaired) electrons. The number of benzene rings is 1. The monoisotopic (exact) mass is 190 g/mol. The van der Waals surface area contributed by atoms with Gasteiger partial charge in [0.15, 0.2) is 0 Å². The van der Waals surface area contributed by atoms with Crippen molar-refractivity contribution in [3.05, 3.63) is 23.8 Å². The number of hydrogen-bond donors (Lipinski definition) is 1. The number of hydrogen-bond acceptors (Lipinski definition) is 3. The molecule has 1 aromatic rings. The van der Waals surface area contributed by atoms with Gasteiger partial charge in [0.05, 0.1) is 0 Å². The maximum atomic E-state index is 10.8. The van der Waals surface area contributed by atoms with E-state index in [1.807, 2.05) is 0 Å². The van der Waals surface area contributed by atoms with Crippen molar-refractivity contribution in [1.29, 1.82) is 5.26 Å². The van der Waals surface area contributed by atoms with Crippen molar-refractivity contribution >= 4 is 11.6 Å². The Kier molecular flexibility index (Phi) is 3.08. The molecule has 0 heterocycles. The highest BCUT2D eigenvalue weighted by Crippen LogP contribution is 2.24. The van der Waals surface area contributed by atoms with Crippen LogP contribution in [0.25, 0.3) is 0 Å². The van der Waals surface area contributed by atoms with Crippen LogP contribution in [-0.4, -0.2) is 5.91 Å². The van der Waals surface area contributed by atoms with Gasteiger partial charge in [-0.3, -0.25) is 4.79 Å². The molecule has 4 nitrogen and oxygen atoms in total. The summed E-state index contributed by atoms with van der Waals surface area (Å²) in [6, 6.07) is 5.13. The van der Waals surface area contributed by atoms with Crippen molar-refractivity contribution in [2.24, 2.45) is 0 Å². The molecule has 0 aliphatic carbocycles. The Hall–Kier alpha value is -2.02. The van der Waals surface area contributed by atoms with E-state index in [-0.39, 0.29) is 5.91 Å². The van der Waals surface area contributed by atoms with Crippen molar-refractivity contribution < 1.29 is 9.53 Å². The van der Waals surface area contributed by atoms with Gasteiger partial charge in [0, 0.05) is 18.2 Å². The number of anilines is 1. The molecule has 1 N–H and O–H groups in total. The van der Waals surface area contributed by atoms with Crippen molar-refractivity contribution in [2.75, 3.05) is 5.32 Å². The summed E-state index contributed by atoms with van der Waals surface area (Å²) in [7, 11) is 0. The zero-order chi connectivity index (χ0) is 10.6. The molecule has 0 aliphatic heterocycles. The van der Waals surface area contributed by atoms with E-state index in [2.05, 4.69) is 5.32 Å². The topological polar surface area (TPSA) is 62.1 Å². The lowest BCUT2D eigenvalue weighted by Crippen LogP contribution is -2.07. The zero-order valence-corrected chi connectivity index (χ0v) is 8.00. The molecule has 4 heteroatoms. The van der Waals surface area contributed by atoms with Gasteiger partial charge in [0.1, 0.15) is 5.75 Å². The zero-order valence-electron chi connectivity index (χ0n) is 8.00. The summed E-state index contributed by atoms with van der Waals surface area (Å²) < 4.78 is 4.71. The number of nitrogens with zero attached hydrogens (tertiary/aromatic N) is 1. The first-order chi connectivity index (χ1) is 6.65. The maximum Gasteiger partial charge on any atom is 0.292 e. The number of amides is 1. The van der Waals surface area contributed by atoms with Gasteiger partial charge >= 0.3 is 0 Å². The number of carbonyl (C=O) groups excluding carboxylic acids is 1. The molecule has 0 bridgehead atoms. The smallest absolute Gasteiger partial charge is 0.292 e. The fraction of sp³-hybridized carbons (Fsp3) is 0.200. The predicted molar refractivity (Wildman–Crippen MR) is 51.7 cm³/mol. The first-order valence-electron chi connectivity index (χ1n) is 4.08. The Morgan fingerprint density at radius 1 is 1.57 bits per heavy atom. The molecule has 72 valence electrons. The first-order valence-corrected chi connectivity index (χ1v) is 4.08. The average Bonchev–Trinajstić information content (AvgIpc) is 2.11. The fourth-order valence-electron chi connectivity index (χ4n) is 1.10. The van der Waals surface area contributed by atoms with Gasteiger partial charge in [-0.2, -0.15) is 0 Å². The molecule has 0 aliphatic rings. The minimum atomic E-state index is -0.151. The lowest BCUT2D eigenvalue weighted by Gasteiger charge is -2.08. The van der Waals surface area contributed by atoms with Gasteiger partial charge in [-0.25, -0.2) is 0 Å². The van der Waals surface area contributed by atoms with E-state index < -0.39 is 0 Å². The summed E-state index contributed by atoms with van der Waals surface area (Å²) in [6.45, 7) is 3.20. The molecule has 0 spiro atoms. The molecule has 0 fully saturated rings. The summed E-state index contributed by atoms with van der Waals surface area (Å²) in [4.78, 5) is 10.8. The van der Waals surface area contributed by atoms with Gasteiger partial charge in [0.25, 0.3) is 6.26 Å². The Morgan fingerprint density at radius 2 is 2.29 bits per heavy atom. The van der Waals surface area contributed by atoms with Crippen LogP contribution in [0.3, 0.4) is 0 Å². The minimum Gasteiger partial charge on any atom is -0.388 e. The van der Waals surface area contributed by atoms with E-state index in [4.69, 9.17) is 10.00 Å². The summed E-state index contributed by atoms with van der Waals surface area (Å²) >= 11 is 0. The maximum absolute atomic E-state index is 10.8. The summed E-state index contributed by atoms with van der Waals surface area (Å²) in [5.74, 6) is 0.306. The molecule has 1 aromatic carbocycles. The lowest BCUT2D eigenvalue weighted by molar-refractivity contribution is -0.114. The molecular formula is C10H10N2O2. The summed E-state index contributed by atoms with van der Waals surface area (Å²) in [6.07, 6.45) is 1.59. The third-order valence-corrected chi connectivity index (χ3v) is 1.75. The molecule has 0 atom stereocenters. The highest BCUT2D eigenvalue weighted by atomic mass is 16.5. The van der Waals surface area contributed by atoms with Crippen LogP contribution in [0.1, 0.15) is 12.5 Å². The molecule has 0 aromatic heterocycles. The van der Waals surface area contributed by atoms with Crippen LogP contribution in [0, 0.1) is 18.4 Å². The van der Waals surface area contributed by atoms with E-state index >= 15 is 0 Å². The normalized spacial score (nSPS) is 8.93. The van der Waals surface area contributed by atoms with E-state index in [0.29, 0.717) is 11.4 Å². The SMILES string of the molecule is CC(=O)Nc1cccc(OC#N)c1C. The second-order valence-corrected chi connectivity index (χ2v) is 2.80. The highest BCUT2D eigenvalue weighted by molar-refractivity contribution is 5.89.